The van der Waals surface area contributed by atoms with Crippen LogP contribution in [0.25, 0.3) is 10.9 Å². The summed E-state index contributed by atoms with van der Waals surface area (Å²) in [6.45, 7) is 0. The van der Waals surface area contributed by atoms with Gasteiger partial charge in [-0.3, -0.25) is 9.79 Å². The van der Waals surface area contributed by atoms with E-state index >= 15 is 0 Å². The molecule has 2 aliphatic rings. The lowest BCUT2D eigenvalue weighted by molar-refractivity contribution is -0.140. The SMILES string of the molecule is COC(=O)C[C@@H]1CSC(c2cc3cc(CSC)cc(NC4CCCC4)c3[nH]2)=N1. The van der Waals surface area contributed by atoms with Crippen molar-refractivity contribution in [1.29, 1.82) is 0 Å². The Morgan fingerprint density at radius 2 is 2.18 bits per heavy atom. The minimum absolute atomic E-state index is 0.00185. The number of rotatable bonds is 7. The molecule has 1 aliphatic heterocycles. The number of hydrogen-bond donors (Lipinski definition) is 2. The van der Waals surface area contributed by atoms with Crippen molar-refractivity contribution in [2.75, 3.05) is 24.4 Å². The smallest absolute Gasteiger partial charge is 0.307 e. The van der Waals surface area contributed by atoms with Gasteiger partial charge in [0.2, 0.25) is 0 Å². The molecule has 150 valence electrons. The summed E-state index contributed by atoms with van der Waals surface area (Å²) >= 11 is 3.56. The zero-order valence-corrected chi connectivity index (χ0v) is 18.0. The highest BCUT2D eigenvalue weighted by atomic mass is 32.2. The fourth-order valence-corrected chi connectivity index (χ4v) is 5.55. The van der Waals surface area contributed by atoms with Gasteiger partial charge in [0.25, 0.3) is 0 Å². The number of thioether (sulfide) groups is 2. The quantitative estimate of drug-likeness (QED) is 0.633. The molecule has 0 saturated heterocycles. The normalized spacial score (nSPS) is 19.9. The molecule has 0 spiro atoms. The molecule has 7 heteroatoms. The van der Waals surface area contributed by atoms with Crippen molar-refractivity contribution in [1.82, 2.24) is 4.98 Å². The van der Waals surface area contributed by atoms with Gasteiger partial charge in [0.15, 0.2) is 0 Å². The maximum Gasteiger partial charge on any atom is 0.307 e. The van der Waals surface area contributed by atoms with Crippen LogP contribution in [-0.4, -0.2) is 47.2 Å². The van der Waals surface area contributed by atoms with Gasteiger partial charge in [-0.15, -0.1) is 11.8 Å². The maximum absolute atomic E-state index is 11.5. The van der Waals surface area contributed by atoms with Crippen LogP contribution in [0, 0.1) is 0 Å². The number of anilines is 1. The molecule has 28 heavy (non-hydrogen) atoms. The first-order valence-electron chi connectivity index (χ1n) is 9.85. The van der Waals surface area contributed by atoms with Gasteiger partial charge in [0.05, 0.1) is 36.5 Å². The van der Waals surface area contributed by atoms with E-state index in [2.05, 4.69) is 34.8 Å². The van der Waals surface area contributed by atoms with E-state index in [1.807, 2.05) is 11.8 Å². The highest BCUT2D eigenvalue weighted by molar-refractivity contribution is 8.14. The van der Waals surface area contributed by atoms with Gasteiger partial charge in [-0.2, -0.15) is 11.8 Å². The predicted octanol–water partition coefficient (Wildman–Crippen LogP) is 4.81. The molecule has 1 aromatic heterocycles. The third-order valence-corrected chi connectivity index (χ3v) is 7.16. The minimum Gasteiger partial charge on any atom is -0.469 e. The van der Waals surface area contributed by atoms with Crippen molar-refractivity contribution in [3.05, 3.63) is 29.5 Å². The van der Waals surface area contributed by atoms with Crippen LogP contribution in [-0.2, 0) is 15.3 Å². The van der Waals surface area contributed by atoms with Crippen LogP contribution in [0.5, 0.6) is 0 Å². The topological polar surface area (TPSA) is 66.5 Å². The van der Waals surface area contributed by atoms with Crippen LogP contribution in [0.3, 0.4) is 0 Å². The summed E-state index contributed by atoms with van der Waals surface area (Å²) in [5.74, 6) is 1.63. The third kappa shape index (κ3) is 4.35. The molecule has 0 radical (unpaired) electrons. The van der Waals surface area contributed by atoms with Crippen molar-refractivity contribution in [3.8, 4) is 0 Å². The molecule has 0 amide bonds. The Morgan fingerprint density at radius 1 is 1.36 bits per heavy atom. The summed E-state index contributed by atoms with van der Waals surface area (Å²) in [5.41, 5.74) is 4.75. The number of esters is 1. The molecule has 2 N–H and O–H groups in total. The lowest BCUT2D eigenvalue weighted by Gasteiger charge is -2.15. The van der Waals surface area contributed by atoms with Crippen LogP contribution in [0.2, 0.25) is 0 Å². The molecule has 5 nitrogen and oxygen atoms in total. The fraction of sp³-hybridized carbons (Fsp3) is 0.524. The number of carbonyl (C=O) groups excluding carboxylic acids is 1. The second-order valence-electron chi connectivity index (χ2n) is 7.53. The van der Waals surface area contributed by atoms with E-state index in [4.69, 9.17) is 9.73 Å². The second-order valence-corrected chi connectivity index (χ2v) is 9.40. The standard InChI is InChI=1S/C21H27N3O2S2/c1-26-19(25)10-16-12-28-21(23-16)18-9-14-7-13(11-27-2)8-17(20(14)24-18)22-15-5-3-4-6-15/h7-9,15-16,22,24H,3-6,10-12H2,1-2H3/t16-/m1/s1. The molecular weight excluding hydrogens is 390 g/mol. The fourth-order valence-electron chi connectivity index (χ4n) is 4.02. The summed E-state index contributed by atoms with van der Waals surface area (Å²) in [5, 5.41) is 5.99. The van der Waals surface area contributed by atoms with E-state index in [1.165, 1.54) is 49.4 Å². The van der Waals surface area contributed by atoms with Crippen LogP contribution >= 0.6 is 23.5 Å². The van der Waals surface area contributed by atoms with Crippen molar-refractivity contribution >= 4 is 51.1 Å². The molecule has 1 aliphatic carbocycles. The number of nitrogens with one attached hydrogen (secondary N) is 2. The molecule has 2 heterocycles. The number of aromatic amines is 1. The van der Waals surface area contributed by atoms with Gasteiger partial charge in [-0.1, -0.05) is 12.8 Å². The summed E-state index contributed by atoms with van der Waals surface area (Å²) < 4.78 is 4.78. The number of nitrogens with zero attached hydrogens (tertiary/aromatic N) is 1. The molecule has 1 saturated carbocycles. The molecule has 1 atom stereocenters. The molecule has 0 bridgehead atoms. The van der Waals surface area contributed by atoms with Gasteiger partial charge in [-0.05, 0) is 42.9 Å². The van der Waals surface area contributed by atoms with Crippen molar-refractivity contribution < 1.29 is 9.53 Å². The number of fused-ring (bicyclic) bond motifs is 1. The lowest BCUT2D eigenvalue weighted by atomic mass is 10.1. The number of H-pyrrole nitrogens is 1. The lowest BCUT2D eigenvalue weighted by Crippen LogP contribution is -2.14. The molecule has 4 rings (SSSR count). The zero-order valence-electron chi connectivity index (χ0n) is 16.4. The summed E-state index contributed by atoms with van der Waals surface area (Å²) in [6.07, 6.45) is 7.62. The summed E-state index contributed by atoms with van der Waals surface area (Å²) in [6, 6.07) is 7.34. The van der Waals surface area contributed by atoms with Gasteiger partial charge < -0.3 is 15.0 Å². The average molecular weight is 418 g/mol. The molecule has 0 unspecified atom stereocenters. The number of benzene rings is 1. The number of carbonyl (C=O) groups is 1. The van der Waals surface area contributed by atoms with E-state index in [1.54, 1.807) is 11.8 Å². The minimum atomic E-state index is -0.197. The Kier molecular flexibility index (Phi) is 6.21. The third-order valence-electron chi connectivity index (χ3n) is 5.39. The van der Waals surface area contributed by atoms with Gasteiger partial charge in [-0.25, -0.2) is 0 Å². The Morgan fingerprint density at radius 3 is 2.93 bits per heavy atom. The molecule has 1 fully saturated rings. The first-order valence-corrected chi connectivity index (χ1v) is 12.2. The van der Waals surface area contributed by atoms with Crippen molar-refractivity contribution in [2.45, 2.75) is 49.9 Å². The van der Waals surface area contributed by atoms with Crippen molar-refractivity contribution in [2.24, 2.45) is 4.99 Å². The maximum atomic E-state index is 11.5. The summed E-state index contributed by atoms with van der Waals surface area (Å²) in [7, 11) is 1.43. The van der Waals surface area contributed by atoms with Gasteiger partial charge in [0, 0.05) is 22.9 Å². The summed E-state index contributed by atoms with van der Waals surface area (Å²) in [4.78, 5) is 19.9. The number of aromatic nitrogens is 1. The van der Waals surface area contributed by atoms with Gasteiger partial charge in [0.1, 0.15) is 5.04 Å². The van der Waals surface area contributed by atoms with E-state index in [9.17, 15) is 4.79 Å². The monoisotopic (exact) mass is 417 g/mol. The number of ether oxygens (including phenoxy) is 1. The molecular formula is C21H27N3O2S2. The number of hydrogen-bond acceptors (Lipinski definition) is 6. The number of methoxy groups -OCH3 is 1. The molecule has 2 aromatic rings. The van der Waals surface area contributed by atoms with E-state index in [0.29, 0.717) is 12.5 Å². The predicted molar refractivity (Wildman–Crippen MR) is 121 cm³/mol. The highest BCUT2D eigenvalue weighted by Crippen LogP contribution is 2.33. The Bertz CT molecular complexity index is 887. The first kappa shape index (κ1) is 19.7. The van der Waals surface area contributed by atoms with E-state index < -0.39 is 0 Å². The number of aliphatic imine (C=N–C) groups is 1. The first-order chi connectivity index (χ1) is 13.7. The van der Waals surface area contributed by atoms with Crippen LogP contribution in [0.15, 0.2) is 23.2 Å². The highest BCUT2D eigenvalue weighted by Gasteiger charge is 2.24. The second kappa shape index (κ2) is 8.82. The van der Waals surface area contributed by atoms with Crippen LogP contribution in [0.4, 0.5) is 5.69 Å². The van der Waals surface area contributed by atoms with Gasteiger partial charge >= 0.3 is 5.97 Å². The van der Waals surface area contributed by atoms with Crippen LogP contribution < -0.4 is 5.32 Å². The van der Waals surface area contributed by atoms with E-state index in [0.717, 1.165) is 27.8 Å². The Labute approximate surface area is 174 Å². The zero-order chi connectivity index (χ0) is 19.5. The largest absolute Gasteiger partial charge is 0.469 e. The van der Waals surface area contributed by atoms with E-state index in [-0.39, 0.29) is 12.0 Å². The average Bonchev–Trinajstić information content (AvgIpc) is 3.42. The molecule has 1 aromatic carbocycles. The van der Waals surface area contributed by atoms with Crippen LogP contribution in [0.1, 0.15) is 43.4 Å². The van der Waals surface area contributed by atoms with Crippen molar-refractivity contribution in [3.63, 3.8) is 0 Å². The Hall–Kier alpha value is -1.60. The Balaban J connectivity index is 1.63.